The summed E-state index contributed by atoms with van der Waals surface area (Å²) in [5, 5.41) is 12.2. The molecule has 0 saturated heterocycles. The number of rotatable bonds is 2. The fourth-order valence-electron chi connectivity index (χ4n) is 3.52. The molecule has 0 fully saturated rings. The monoisotopic (exact) mass is 335 g/mol. The van der Waals surface area contributed by atoms with Crippen LogP contribution in [0.1, 0.15) is 40.3 Å². The molecule has 0 aliphatic carbocycles. The van der Waals surface area contributed by atoms with E-state index in [9.17, 15) is 4.79 Å². The fourth-order valence-corrected chi connectivity index (χ4v) is 3.52. The van der Waals surface area contributed by atoms with Crippen LogP contribution in [-0.4, -0.2) is 31.7 Å². The minimum atomic E-state index is -0.0243. The SMILES string of the molecule is Cc1cc(C(=O)NC2CCc3nncn3CC2)c2cccc(C)c2n1. The molecule has 3 aromatic rings. The Bertz CT molecular complexity index is 924. The highest BCUT2D eigenvalue weighted by Crippen LogP contribution is 2.22. The first kappa shape index (κ1) is 15.7. The lowest BCUT2D eigenvalue weighted by Crippen LogP contribution is -2.35. The minimum Gasteiger partial charge on any atom is -0.349 e. The average molecular weight is 335 g/mol. The van der Waals surface area contributed by atoms with Gasteiger partial charge in [0.2, 0.25) is 0 Å². The molecule has 0 spiro atoms. The van der Waals surface area contributed by atoms with Crippen LogP contribution in [-0.2, 0) is 13.0 Å². The summed E-state index contributed by atoms with van der Waals surface area (Å²) in [4.78, 5) is 17.5. The van der Waals surface area contributed by atoms with Crippen molar-refractivity contribution in [2.75, 3.05) is 0 Å². The van der Waals surface area contributed by atoms with Gasteiger partial charge in [-0.15, -0.1) is 10.2 Å². The van der Waals surface area contributed by atoms with Crippen molar-refractivity contribution in [3.05, 3.63) is 53.2 Å². The first-order valence-corrected chi connectivity index (χ1v) is 8.66. The van der Waals surface area contributed by atoms with Crippen LogP contribution in [0.15, 0.2) is 30.6 Å². The quantitative estimate of drug-likeness (QED) is 0.781. The predicted molar refractivity (Wildman–Crippen MR) is 95.4 cm³/mol. The second-order valence-electron chi connectivity index (χ2n) is 6.72. The van der Waals surface area contributed by atoms with Gasteiger partial charge in [0.1, 0.15) is 12.2 Å². The number of pyridine rings is 1. The maximum Gasteiger partial charge on any atom is 0.252 e. The lowest BCUT2D eigenvalue weighted by molar-refractivity contribution is 0.0934. The zero-order valence-corrected chi connectivity index (χ0v) is 14.5. The van der Waals surface area contributed by atoms with Crippen molar-refractivity contribution in [2.24, 2.45) is 0 Å². The number of aromatic nitrogens is 4. The van der Waals surface area contributed by atoms with Gasteiger partial charge in [-0.25, -0.2) is 0 Å². The van der Waals surface area contributed by atoms with Crippen LogP contribution in [0.3, 0.4) is 0 Å². The van der Waals surface area contributed by atoms with E-state index in [0.29, 0.717) is 5.56 Å². The van der Waals surface area contributed by atoms with Crippen LogP contribution in [0, 0.1) is 13.8 Å². The van der Waals surface area contributed by atoms with Crippen molar-refractivity contribution in [3.63, 3.8) is 0 Å². The Morgan fingerprint density at radius 2 is 2.16 bits per heavy atom. The number of nitrogens with one attached hydrogen (secondary N) is 1. The van der Waals surface area contributed by atoms with Crippen molar-refractivity contribution in [1.82, 2.24) is 25.1 Å². The first-order chi connectivity index (χ1) is 12.1. The van der Waals surface area contributed by atoms with Crippen LogP contribution in [0.25, 0.3) is 10.9 Å². The molecule has 2 aromatic heterocycles. The van der Waals surface area contributed by atoms with E-state index >= 15 is 0 Å². The maximum atomic E-state index is 12.9. The van der Waals surface area contributed by atoms with Gasteiger partial charge in [-0.1, -0.05) is 18.2 Å². The molecule has 0 radical (unpaired) electrons. The van der Waals surface area contributed by atoms with Gasteiger partial charge in [0.25, 0.3) is 5.91 Å². The molecule has 0 saturated carbocycles. The van der Waals surface area contributed by atoms with E-state index in [-0.39, 0.29) is 11.9 Å². The number of aryl methyl sites for hydroxylation is 4. The number of fused-ring (bicyclic) bond motifs is 2. The van der Waals surface area contributed by atoms with Gasteiger partial charge in [0.05, 0.1) is 11.1 Å². The van der Waals surface area contributed by atoms with E-state index in [0.717, 1.165) is 53.8 Å². The number of carbonyl (C=O) groups excluding carboxylic acids is 1. The smallest absolute Gasteiger partial charge is 0.252 e. The zero-order chi connectivity index (χ0) is 17.4. The van der Waals surface area contributed by atoms with Gasteiger partial charge in [-0.2, -0.15) is 0 Å². The summed E-state index contributed by atoms with van der Waals surface area (Å²) in [5.74, 6) is 0.973. The van der Waals surface area contributed by atoms with Gasteiger partial charge >= 0.3 is 0 Å². The highest BCUT2D eigenvalue weighted by molar-refractivity contribution is 6.06. The molecule has 4 rings (SSSR count). The van der Waals surface area contributed by atoms with Crippen molar-refractivity contribution in [1.29, 1.82) is 0 Å². The minimum absolute atomic E-state index is 0.0243. The predicted octanol–water partition coefficient (Wildman–Crippen LogP) is 2.58. The number of carbonyl (C=O) groups is 1. The third kappa shape index (κ3) is 2.99. The molecule has 3 heterocycles. The summed E-state index contributed by atoms with van der Waals surface area (Å²) in [6.45, 7) is 4.79. The molecule has 1 unspecified atom stereocenters. The second-order valence-corrected chi connectivity index (χ2v) is 6.72. The maximum absolute atomic E-state index is 12.9. The van der Waals surface area contributed by atoms with Crippen LogP contribution in [0.4, 0.5) is 0 Å². The summed E-state index contributed by atoms with van der Waals surface area (Å²) < 4.78 is 2.07. The molecular weight excluding hydrogens is 314 g/mol. The Hall–Kier alpha value is -2.76. The number of amides is 1. The lowest BCUT2D eigenvalue weighted by Gasteiger charge is -2.17. The Morgan fingerprint density at radius 1 is 1.28 bits per heavy atom. The number of hydrogen-bond acceptors (Lipinski definition) is 4. The van der Waals surface area contributed by atoms with E-state index in [1.807, 2.05) is 38.1 Å². The van der Waals surface area contributed by atoms with Crippen LogP contribution < -0.4 is 5.32 Å². The van der Waals surface area contributed by atoms with Gasteiger partial charge in [-0.05, 0) is 38.3 Å². The van der Waals surface area contributed by atoms with E-state index in [1.165, 1.54) is 0 Å². The lowest BCUT2D eigenvalue weighted by atomic mass is 10.0. The molecule has 6 heteroatoms. The van der Waals surface area contributed by atoms with E-state index in [2.05, 4.69) is 25.1 Å². The largest absolute Gasteiger partial charge is 0.349 e. The van der Waals surface area contributed by atoms with E-state index in [1.54, 1.807) is 6.33 Å². The molecule has 1 aliphatic rings. The normalized spacial score (nSPS) is 17.1. The number of nitrogens with zero attached hydrogens (tertiary/aromatic N) is 4. The van der Waals surface area contributed by atoms with Crippen molar-refractivity contribution < 1.29 is 4.79 Å². The summed E-state index contributed by atoms with van der Waals surface area (Å²) in [6, 6.07) is 7.99. The standard InChI is InChI=1S/C19H21N5O/c1-12-4-3-5-15-16(10-13(2)21-18(12)15)19(25)22-14-6-7-17-23-20-11-24(17)9-8-14/h3-5,10-11,14H,6-9H2,1-2H3,(H,22,25). The number of hydrogen-bond donors (Lipinski definition) is 1. The molecule has 25 heavy (non-hydrogen) atoms. The molecule has 1 aliphatic heterocycles. The first-order valence-electron chi connectivity index (χ1n) is 8.66. The third-order valence-electron chi connectivity index (χ3n) is 4.88. The second kappa shape index (κ2) is 6.27. The van der Waals surface area contributed by atoms with Gasteiger partial charge in [-0.3, -0.25) is 9.78 Å². The molecule has 1 N–H and O–H groups in total. The highest BCUT2D eigenvalue weighted by atomic mass is 16.1. The Kier molecular flexibility index (Phi) is 3.95. The topological polar surface area (TPSA) is 72.7 Å². The Balaban J connectivity index is 1.58. The molecular formula is C19H21N5O. The summed E-state index contributed by atoms with van der Waals surface area (Å²) in [7, 11) is 0. The molecule has 1 atom stereocenters. The van der Waals surface area contributed by atoms with E-state index < -0.39 is 0 Å². The molecule has 0 bridgehead atoms. The molecule has 1 aromatic carbocycles. The molecule has 128 valence electrons. The fraction of sp³-hybridized carbons (Fsp3) is 0.368. The molecule has 1 amide bonds. The van der Waals surface area contributed by atoms with Gasteiger partial charge in [0.15, 0.2) is 0 Å². The molecule has 6 nitrogen and oxygen atoms in total. The third-order valence-corrected chi connectivity index (χ3v) is 4.88. The summed E-state index contributed by atoms with van der Waals surface area (Å²) in [6.07, 6.45) is 4.37. The van der Waals surface area contributed by atoms with Crippen LogP contribution in [0.5, 0.6) is 0 Å². The Morgan fingerprint density at radius 3 is 3.04 bits per heavy atom. The van der Waals surface area contributed by atoms with Crippen LogP contribution in [0.2, 0.25) is 0 Å². The van der Waals surface area contributed by atoms with Crippen molar-refractivity contribution in [3.8, 4) is 0 Å². The van der Waals surface area contributed by atoms with Gasteiger partial charge in [0, 0.05) is 30.1 Å². The number of benzene rings is 1. The van der Waals surface area contributed by atoms with Crippen molar-refractivity contribution >= 4 is 16.8 Å². The Labute approximate surface area is 146 Å². The average Bonchev–Trinajstić information content (AvgIpc) is 2.97. The summed E-state index contributed by atoms with van der Waals surface area (Å²) in [5.41, 5.74) is 3.55. The van der Waals surface area contributed by atoms with Crippen molar-refractivity contribution in [2.45, 2.75) is 45.7 Å². The van der Waals surface area contributed by atoms with E-state index in [4.69, 9.17) is 0 Å². The van der Waals surface area contributed by atoms with Crippen LogP contribution >= 0.6 is 0 Å². The summed E-state index contributed by atoms with van der Waals surface area (Å²) >= 11 is 0. The highest BCUT2D eigenvalue weighted by Gasteiger charge is 2.21. The number of para-hydroxylation sites is 1. The zero-order valence-electron chi connectivity index (χ0n) is 14.5. The van der Waals surface area contributed by atoms with Gasteiger partial charge < -0.3 is 9.88 Å².